The van der Waals surface area contributed by atoms with Crippen LogP contribution in [-0.2, 0) is 23.7 Å². The molecule has 0 aliphatic carbocycles. The quantitative estimate of drug-likeness (QED) is 0.554. The molecule has 1 saturated heterocycles. The summed E-state index contributed by atoms with van der Waals surface area (Å²) in [6.07, 6.45) is -8.37. The van der Waals surface area contributed by atoms with E-state index in [2.05, 4.69) is 0 Å². The molecule has 1 aliphatic heterocycles. The second-order valence-corrected chi connectivity index (χ2v) is 8.33. The number of aliphatic carboxylic acids is 1. The fourth-order valence-electron chi connectivity index (χ4n) is 4.17. The van der Waals surface area contributed by atoms with Crippen molar-refractivity contribution < 1.29 is 36.2 Å². The van der Waals surface area contributed by atoms with Crippen molar-refractivity contribution in [2.45, 2.75) is 38.2 Å². The molecule has 3 nitrogen and oxygen atoms in total. The molecule has 9 heteroatoms. The number of likely N-dealkylation sites (tertiary alicyclic amines) is 1. The third-order valence-corrected chi connectivity index (χ3v) is 6.05. The number of carboxylic acids is 1. The van der Waals surface area contributed by atoms with Crippen molar-refractivity contribution in [1.29, 1.82) is 0 Å². The van der Waals surface area contributed by atoms with Crippen molar-refractivity contribution >= 4 is 5.97 Å². The first-order chi connectivity index (χ1) is 14.8. The van der Waals surface area contributed by atoms with Crippen LogP contribution in [0.1, 0.15) is 41.5 Å². The van der Waals surface area contributed by atoms with Crippen molar-refractivity contribution in [3.05, 3.63) is 70.8 Å². The average Bonchev–Trinajstić information content (AvgIpc) is 2.72. The number of hydrogen-bond acceptors (Lipinski definition) is 2. The van der Waals surface area contributed by atoms with Crippen LogP contribution in [0, 0.1) is 11.8 Å². The van der Waals surface area contributed by atoms with E-state index in [1.807, 2.05) is 4.90 Å². The van der Waals surface area contributed by atoms with Crippen LogP contribution in [0.4, 0.5) is 26.3 Å². The molecular formula is C23H23F6NO2. The van der Waals surface area contributed by atoms with Crippen LogP contribution in [0.25, 0.3) is 0 Å². The molecular weight excluding hydrogens is 436 g/mol. The van der Waals surface area contributed by atoms with E-state index in [4.69, 9.17) is 0 Å². The lowest BCUT2D eigenvalue weighted by Gasteiger charge is -2.39. The Morgan fingerprint density at radius 1 is 0.938 bits per heavy atom. The topological polar surface area (TPSA) is 40.5 Å². The Morgan fingerprint density at radius 3 is 1.91 bits per heavy atom. The van der Waals surface area contributed by atoms with E-state index in [-0.39, 0.29) is 11.8 Å². The number of nitrogens with zero attached hydrogens (tertiary/aromatic N) is 1. The summed E-state index contributed by atoms with van der Waals surface area (Å²) in [7, 11) is 0. The molecule has 0 saturated carbocycles. The summed E-state index contributed by atoms with van der Waals surface area (Å²) in [5, 5.41) is 9.45. The largest absolute Gasteiger partial charge is 0.481 e. The van der Waals surface area contributed by atoms with E-state index < -0.39 is 35.4 Å². The molecule has 32 heavy (non-hydrogen) atoms. The molecule has 0 spiro atoms. The third-order valence-electron chi connectivity index (χ3n) is 6.05. The lowest BCUT2D eigenvalue weighted by Crippen LogP contribution is -2.42. The molecule has 1 fully saturated rings. The highest BCUT2D eigenvalue weighted by molar-refractivity contribution is 5.70. The summed E-state index contributed by atoms with van der Waals surface area (Å²) in [6, 6.07) is 9.64. The number of alkyl halides is 6. The number of piperidine rings is 1. The maximum Gasteiger partial charge on any atom is 0.416 e. The van der Waals surface area contributed by atoms with Crippen LogP contribution in [0.5, 0.6) is 0 Å². The monoisotopic (exact) mass is 459 g/mol. The number of benzene rings is 2. The SMILES string of the molecule is CC(C(=O)O)[C@H]1C[C@@H](c2ccc(C(F)(F)F)cc2)CN(Cc2ccc(C(F)(F)F)cc2)C1. The summed E-state index contributed by atoms with van der Waals surface area (Å²) in [4.78, 5) is 13.5. The van der Waals surface area contributed by atoms with Gasteiger partial charge in [0.25, 0.3) is 0 Å². The molecule has 3 rings (SSSR count). The van der Waals surface area contributed by atoms with Crippen molar-refractivity contribution in [3.63, 3.8) is 0 Å². The molecule has 174 valence electrons. The van der Waals surface area contributed by atoms with Crippen LogP contribution >= 0.6 is 0 Å². The second-order valence-electron chi connectivity index (χ2n) is 8.33. The average molecular weight is 459 g/mol. The van der Waals surface area contributed by atoms with Gasteiger partial charge in [0.2, 0.25) is 0 Å². The Labute approximate surface area is 181 Å². The molecule has 2 aromatic rings. The first kappa shape index (κ1) is 24.1. The van der Waals surface area contributed by atoms with Gasteiger partial charge in [-0.05, 0) is 53.6 Å². The molecule has 0 bridgehead atoms. The molecule has 2 aromatic carbocycles. The highest BCUT2D eigenvalue weighted by Gasteiger charge is 2.35. The summed E-state index contributed by atoms with van der Waals surface area (Å²) < 4.78 is 77.0. The summed E-state index contributed by atoms with van der Waals surface area (Å²) in [5.41, 5.74) is -0.181. The van der Waals surface area contributed by atoms with Gasteiger partial charge in [-0.1, -0.05) is 31.2 Å². The van der Waals surface area contributed by atoms with Gasteiger partial charge in [-0.25, -0.2) is 0 Å². The number of carbonyl (C=O) groups is 1. The van der Waals surface area contributed by atoms with Gasteiger partial charge < -0.3 is 5.11 Å². The molecule has 3 atom stereocenters. The number of hydrogen-bond donors (Lipinski definition) is 1. The minimum absolute atomic E-state index is 0.188. The van der Waals surface area contributed by atoms with Gasteiger partial charge in [-0.15, -0.1) is 0 Å². The number of halogens is 6. The van der Waals surface area contributed by atoms with Crippen molar-refractivity contribution in [2.75, 3.05) is 13.1 Å². The van der Waals surface area contributed by atoms with Gasteiger partial charge in [-0.2, -0.15) is 26.3 Å². The smallest absolute Gasteiger partial charge is 0.416 e. The number of carboxylic acid groups (broad SMARTS) is 1. The van der Waals surface area contributed by atoms with E-state index in [0.29, 0.717) is 37.2 Å². The van der Waals surface area contributed by atoms with Gasteiger partial charge in [0.05, 0.1) is 17.0 Å². The molecule has 1 aliphatic rings. The zero-order chi connectivity index (χ0) is 23.7. The van der Waals surface area contributed by atoms with Gasteiger partial charge in [0.1, 0.15) is 0 Å². The van der Waals surface area contributed by atoms with E-state index in [1.165, 1.54) is 24.3 Å². The first-order valence-corrected chi connectivity index (χ1v) is 10.1. The van der Waals surface area contributed by atoms with Gasteiger partial charge >= 0.3 is 18.3 Å². The van der Waals surface area contributed by atoms with Crippen LogP contribution in [-0.4, -0.2) is 29.1 Å². The molecule has 0 aromatic heterocycles. The third kappa shape index (κ3) is 5.82. The highest BCUT2D eigenvalue weighted by Crippen LogP contribution is 2.37. The highest BCUT2D eigenvalue weighted by atomic mass is 19.4. The molecule has 1 unspecified atom stereocenters. The second kappa shape index (κ2) is 9.13. The fourth-order valence-corrected chi connectivity index (χ4v) is 4.17. The Balaban J connectivity index is 1.80. The maximum absolute atomic E-state index is 12.9. The van der Waals surface area contributed by atoms with Gasteiger partial charge in [0, 0.05) is 19.6 Å². The minimum Gasteiger partial charge on any atom is -0.481 e. The lowest BCUT2D eigenvalue weighted by molar-refractivity contribution is -0.144. The summed E-state index contributed by atoms with van der Waals surface area (Å²) >= 11 is 0. The Hall–Kier alpha value is -2.55. The van der Waals surface area contributed by atoms with Gasteiger partial charge in [-0.3, -0.25) is 9.69 Å². The van der Waals surface area contributed by atoms with E-state index in [1.54, 1.807) is 6.92 Å². The predicted octanol–water partition coefficient (Wildman–Crippen LogP) is 6.05. The zero-order valence-corrected chi connectivity index (χ0v) is 17.2. The molecule has 0 amide bonds. The predicted molar refractivity (Wildman–Crippen MR) is 106 cm³/mol. The lowest BCUT2D eigenvalue weighted by atomic mass is 9.78. The number of rotatable bonds is 5. The van der Waals surface area contributed by atoms with Crippen LogP contribution in [0.3, 0.4) is 0 Å². The molecule has 0 radical (unpaired) electrons. The Kier molecular flexibility index (Phi) is 6.88. The first-order valence-electron chi connectivity index (χ1n) is 10.1. The van der Waals surface area contributed by atoms with E-state index in [9.17, 15) is 36.2 Å². The van der Waals surface area contributed by atoms with Gasteiger partial charge in [0.15, 0.2) is 0 Å². The fraction of sp³-hybridized carbons (Fsp3) is 0.435. The van der Waals surface area contributed by atoms with Crippen molar-refractivity contribution in [2.24, 2.45) is 11.8 Å². The Bertz CT molecular complexity index is 921. The molecule has 1 N–H and O–H groups in total. The van der Waals surface area contributed by atoms with Crippen molar-refractivity contribution in [1.82, 2.24) is 4.90 Å². The Morgan fingerprint density at radius 2 is 1.44 bits per heavy atom. The summed E-state index contributed by atoms with van der Waals surface area (Å²) in [5.74, 6) is -2.06. The van der Waals surface area contributed by atoms with Crippen molar-refractivity contribution in [3.8, 4) is 0 Å². The van der Waals surface area contributed by atoms with E-state index >= 15 is 0 Å². The van der Waals surface area contributed by atoms with Crippen LogP contribution in [0.15, 0.2) is 48.5 Å². The standard InChI is InChI=1S/C23H23F6NO2/c1-14(21(31)32)17-10-18(16-4-8-20(9-5-16)23(27,28)29)13-30(12-17)11-15-2-6-19(7-3-15)22(24,25)26/h2-9,14,17-18H,10-13H2,1H3,(H,31,32)/t14?,17-,18+/m0/s1. The van der Waals surface area contributed by atoms with Crippen LogP contribution < -0.4 is 0 Å². The minimum atomic E-state index is -4.44. The van der Waals surface area contributed by atoms with Crippen LogP contribution in [0.2, 0.25) is 0 Å². The maximum atomic E-state index is 12.9. The summed E-state index contributed by atoms with van der Waals surface area (Å²) in [6.45, 7) is 2.82. The molecule has 1 heterocycles. The van der Waals surface area contributed by atoms with E-state index in [0.717, 1.165) is 24.3 Å². The normalized spacial score (nSPS) is 21.3. The zero-order valence-electron chi connectivity index (χ0n) is 17.2.